The fourth-order valence-corrected chi connectivity index (χ4v) is 2.11. The number of anilines is 1. The third kappa shape index (κ3) is 4.79. The maximum absolute atomic E-state index is 12.5. The Bertz CT molecular complexity index is 718. The average molecular weight is 359 g/mol. The van der Waals surface area contributed by atoms with Crippen LogP contribution in [0.1, 0.15) is 11.1 Å². The number of carbonyl (C=O) groups excluding carboxylic acids is 1. The molecule has 0 fully saturated rings. The van der Waals surface area contributed by atoms with E-state index in [9.17, 15) is 18.0 Å². The molecule has 2 aromatic carbocycles. The maximum atomic E-state index is 12.5. The van der Waals surface area contributed by atoms with Crippen molar-refractivity contribution in [1.82, 2.24) is 5.32 Å². The Hall–Kier alpha value is -2.41. The summed E-state index contributed by atoms with van der Waals surface area (Å²) >= 11 is 5.86. The Morgan fingerprint density at radius 1 is 1.17 bits per heavy atom. The molecule has 4 nitrogen and oxygen atoms in total. The number of amides is 2. The highest BCUT2D eigenvalue weighted by atomic mass is 35.5. The van der Waals surface area contributed by atoms with E-state index in [2.05, 4.69) is 10.6 Å². The van der Waals surface area contributed by atoms with Crippen LogP contribution >= 0.6 is 11.6 Å². The zero-order valence-corrected chi connectivity index (χ0v) is 13.3. The molecule has 2 aromatic rings. The van der Waals surface area contributed by atoms with Gasteiger partial charge in [0, 0.05) is 11.6 Å². The molecule has 0 radical (unpaired) electrons. The number of methoxy groups -OCH3 is 1. The van der Waals surface area contributed by atoms with E-state index in [1.54, 1.807) is 12.1 Å². The summed E-state index contributed by atoms with van der Waals surface area (Å²) in [7, 11) is 1.45. The Morgan fingerprint density at radius 3 is 2.42 bits per heavy atom. The van der Waals surface area contributed by atoms with Gasteiger partial charge in [-0.25, -0.2) is 4.79 Å². The van der Waals surface area contributed by atoms with Gasteiger partial charge < -0.3 is 15.4 Å². The van der Waals surface area contributed by atoms with E-state index in [4.69, 9.17) is 16.3 Å². The van der Waals surface area contributed by atoms with Crippen molar-refractivity contribution in [1.29, 1.82) is 0 Å². The molecular weight excluding hydrogens is 345 g/mol. The van der Waals surface area contributed by atoms with Crippen molar-refractivity contribution >= 4 is 23.3 Å². The van der Waals surface area contributed by atoms with Gasteiger partial charge in [0.25, 0.3) is 0 Å². The van der Waals surface area contributed by atoms with Gasteiger partial charge in [-0.3, -0.25) is 0 Å². The van der Waals surface area contributed by atoms with Gasteiger partial charge in [-0.05, 0) is 35.9 Å². The molecule has 2 rings (SSSR count). The van der Waals surface area contributed by atoms with Crippen LogP contribution in [-0.4, -0.2) is 13.1 Å². The summed E-state index contributed by atoms with van der Waals surface area (Å²) in [6.07, 6.45) is -4.38. The lowest BCUT2D eigenvalue weighted by molar-refractivity contribution is -0.137. The number of hydrogen-bond donors (Lipinski definition) is 2. The fourth-order valence-electron chi connectivity index (χ4n) is 1.94. The quantitative estimate of drug-likeness (QED) is 0.833. The van der Waals surface area contributed by atoms with E-state index >= 15 is 0 Å². The Balaban J connectivity index is 1.95. The minimum atomic E-state index is -4.38. The number of nitrogens with one attached hydrogen (secondary N) is 2. The van der Waals surface area contributed by atoms with Gasteiger partial charge in [-0.15, -0.1) is 0 Å². The molecule has 0 spiro atoms. The van der Waals surface area contributed by atoms with Crippen molar-refractivity contribution < 1.29 is 22.7 Å². The first-order valence-electron chi connectivity index (χ1n) is 6.84. The predicted octanol–water partition coefficient (Wildman–Crippen LogP) is 4.69. The standard InChI is InChI=1S/C16H14ClF3N2O2/c1-24-14-7-6-12(17)8-13(14)22-15(23)21-9-10-2-4-11(5-3-10)16(18,19)20/h2-8H,9H2,1H3,(H2,21,22,23). The van der Waals surface area contributed by atoms with Crippen LogP contribution in [0.3, 0.4) is 0 Å². The van der Waals surface area contributed by atoms with Gasteiger partial charge in [0.15, 0.2) is 0 Å². The van der Waals surface area contributed by atoms with E-state index in [1.165, 1.54) is 25.3 Å². The smallest absolute Gasteiger partial charge is 0.416 e. The van der Waals surface area contributed by atoms with Crippen LogP contribution in [0.25, 0.3) is 0 Å². The lowest BCUT2D eigenvalue weighted by atomic mass is 10.1. The molecule has 0 aliphatic heterocycles. The highest BCUT2D eigenvalue weighted by Gasteiger charge is 2.29. The molecule has 0 aromatic heterocycles. The minimum Gasteiger partial charge on any atom is -0.495 e. The summed E-state index contributed by atoms with van der Waals surface area (Å²) in [5.74, 6) is 0.434. The van der Waals surface area contributed by atoms with Gasteiger partial charge in [0.1, 0.15) is 5.75 Å². The molecule has 0 aliphatic carbocycles. The summed E-state index contributed by atoms with van der Waals surface area (Å²) in [4.78, 5) is 11.9. The normalized spacial score (nSPS) is 11.0. The monoisotopic (exact) mass is 358 g/mol. The van der Waals surface area contributed by atoms with Gasteiger partial charge in [0.05, 0.1) is 18.4 Å². The van der Waals surface area contributed by atoms with Crippen molar-refractivity contribution in [3.05, 3.63) is 58.6 Å². The van der Waals surface area contributed by atoms with Gasteiger partial charge in [0.2, 0.25) is 0 Å². The summed E-state index contributed by atoms with van der Waals surface area (Å²) in [5.41, 5.74) is 0.186. The molecule has 0 bridgehead atoms. The Morgan fingerprint density at radius 2 is 1.83 bits per heavy atom. The fraction of sp³-hybridized carbons (Fsp3) is 0.188. The van der Waals surface area contributed by atoms with E-state index < -0.39 is 17.8 Å². The lowest BCUT2D eigenvalue weighted by Crippen LogP contribution is -2.28. The molecule has 2 amide bonds. The molecular formula is C16H14ClF3N2O2. The topological polar surface area (TPSA) is 50.4 Å². The van der Waals surface area contributed by atoms with Crippen molar-refractivity contribution in [2.75, 3.05) is 12.4 Å². The molecule has 0 unspecified atom stereocenters. The maximum Gasteiger partial charge on any atom is 0.416 e. The number of alkyl halides is 3. The third-order valence-electron chi connectivity index (χ3n) is 3.14. The Kier molecular flexibility index (Phi) is 5.56. The van der Waals surface area contributed by atoms with E-state index in [0.29, 0.717) is 22.0 Å². The van der Waals surface area contributed by atoms with Crippen molar-refractivity contribution in [2.45, 2.75) is 12.7 Å². The molecule has 24 heavy (non-hydrogen) atoms. The van der Waals surface area contributed by atoms with E-state index in [1.807, 2.05) is 0 Å². The van der Waals surface area contributed by atoms with Crippen LogP contribution in [0.15, 0.2) is 42.5 Å². The highest BCUT2D eigenvalue weighted by molar-refractivity contribution is 6.31. The van der Waals surface area contributed by atoms with Crippen LogP contribution in [0.5, 0.6) is 5.75 Å². The zero-order valence-electron chi connectivity index (χ0n) is 12.6. The van der Waals surface area contributed by atoms with Gasteiger partial charge in [-0.1, -0.05) is 23.7 Å². The van der Waals surface area contributed by atoms with Crippen molar-refractivity contribution in [2.24, 2.45) is 0 Å². The van der Waals surface area contributed by atoms with E-state index in [-0.39, 0.29) is 6.54 Å². The summed E-state index contributed by atoms with van der Waals surface area (Å²) in [5, 5.41) is 5.54. The molecule has 8 heteroatoms. The molecule has 0 saturated heterocycles. The molecule has 0 saturated carbocycles. The number of halogens is 4. The zero-order chi connectivity index (χ0) is 17.7. The summed E-state index contributed by atoms with van der Waals surface area (Å²) in [6.45, 7) is 0.0762. The molecule has 0 atom stereocenters. The number of rotatable bonds is 4. The van der Waals surface area contributed by atoms with Crippen molar-refractivity contribution in [3.8, 4) is 5.75 Å². The van der Waals surface area contributed by atoms with Crippen LogP contribution in [0, 0.1) is 0 Å². The SMILES string of the molecule is COc1ccc(Cl)cc1NC(=O)NCc1ccc(C(F)(F)F)cc1. The van der Waals surface area contributed by atoms with Gasteiger partial charge >= 0.3 is 12.2 Å². The van der Waals surface area contributed by atoms with Gasteiger partial charge in [-0.2, -0.15) is 13.2 Å². The highest BCUT2D eigenvalue weighted by Crippen LogP contribution is 2.29. The third-order valence-corrected chi connectivity index (χ3v) is 3.38. The number of carbonyl (C=O) groups is 1. The number of ether oxygens (including phenoxy) is 1. The first-order chi connectivity index (χ1) is 11.3. The van der Waals surface area contributed by atoms with Crippen LogP contribution in [0.2, 0.25) is 5.02 Å². The van der Waals surface area contributed by atoms with Crippen LogP contribution in [-0.2, 0) is 12.7 Å². The first-order valence-corrected chi connectivity index (χ1v) is 7.22. The Labute approximate surface area is 141 Å². The second-order valence-corrected chi connectivity index (χ2v) is 5.28. The minimum absolute atomic E-state index is 0.0762. The molecule has 128 valence electrons. The van der Waals surface area contributed by atoms with E-state index in [0.717, 1.165) is 12.1 Å². The summed E-state index contributed by atoms with van der Waals surface area (Å²) < 4.78 is 42.5. The lowest BCUT2D eigenvalue weighted by Gasteiger charge is -2.12. The number of urea groups is 1. The second-order valence-electron chi connectivity index (χ2n) is 4.85. The average Bonchev–Trinajstić information content (AvgIpc) is 2.53. The van der Waals surface area contributed by atoms with Crippen LogP contribution in [0.4, 0.5) is 23.7 Å². The largest absolute Gasteiger partial charge is 0.495 e. The number of hydrogen-bond acceptors (Lipinski definition) is 2. The summed E-state index contributed by atoms with van der Waals surface area (Å²) in [6, 6.07) is 8.77. The molecule has 0 heterocycles. The van der Waals surface area contributed by atoms with Crippen LogP contribution < -0.4 is 15.4 Å². The van der Waals surface area contributed by atoms with Crippen molar-refractivity contribution in [3.63, 3.8) is 0 Å². The molecule has 0 aliphatic rings. The predicted molar refractivity (Wildman–Crippen MR) is 85.3 cm³/mol. The molecule has 2 N–H and O–H groups in total. The second kappa shape index (κ2) is 7.44. The first kappa shape index (κ1) is 17.9. The number of benzene rings is 2.